The van der Waals surface area contributed by atoms with Crippen LogP contribution in [0.3, 0.4) is 0 Å². The normalized spacial score (nSPS) is 13.6. The smallest absolute Gasteiger partial charge is 0.330 e. The van der Waals surface area contributed by atoms with Crippen LogP contribution in [0.1, 0.15) is 26.7 Å². The third-order valence-corrected chi connectivity index (χ3v) is 2.35. The van der Waals surface area contributed by atoms with Crippen molar-refractivity contribution in [2.24, 2.45) is 11.1 Å². The van der Waals surface area contributed by atoms with E-state index in [4.69, 9.17) is 5.73 Å². The van der Waals surface area contributed by atoms with E-state index in [1.54, 1.807) is 0 Å². The fourth-order valence-corrected chi connectivity index (χ4v) is 1.06. The lowest BCUT2D eigenvalue weighted by atomic mass is 9.82. The van der Waals surface area contributed by atoms with Crippen LogP contribution in [0.15, 0.2) is 0 Å². The Hall–Kier alpha value is -0.250. The summed E-state index contributed by atoms with van der Waals surface area (Å²) in [5.74, 6) is 0. The molecule has 0 aromatic heterocycles. The molecule has 2 N–H and O–H groups in total. The Labute approximate surface area is 64.8 Å². The Morgan fingerprint density at radius 2 is 1.45 bits per heavy atom. The molecule has 0 aliphatic heterocycles. The highest BCUT2D eigenvalue weighted by Gasteiger charge is 2.50. The molecule has 0 rings (SSSR count). The van der Waals surface area contributed by atoms with E-state index >= 15 is 0 Å². The van der Waals surface area contributed by atoms with Crippen LogP contribution in [0.4, 0.5) is 13.2 Å². The molecule has 0 atom stereocenters. The highest BCUT2D eigenvalue weighted by molar-refractivity contribution is 4.84. The maximum absolute atomic E-state index is 12.3. The van der Waals surface area contributed by atoms with Gasteiger partial charge in [-0.15, -0.1) is 0 Å². The summed E-state index contributed by atoms with van der Waals surface area (Å²) in [5.41, 5.74) is 3.44. The number of hydrogen-bond acceptors (Lipinski definition) is 1. The highest BCUT2D eigenvalue weighted by Crippen LogP contribution is 2.42. The molecule has 0 unspecified atom stereocenters. The number of rotatable bonds is 3. The van der Waals surface area contributed by atoms with Crippen LogP contribution in [0.25, 0.3) is 0 Å². The average molecular weight is 169 g/mol. The fraction of sp³-hybridized carbons (Fsp3) is 1.00. The molecule has 0 saturated carbocycles. The first kappa shape index (κ1) is 10.8. The van der Waals surface area contributed by atoms with Crippen molar-refractivity contribution in [3.05, 3.63) is 0 Å². The Bertz CT molecular complexity index is 107. The molecule has 0 saturated heterocycles. The monoisotopic (exact) mass is 169 g/mol. The van der Waals surface area contributed by atoms with Crippen LogP contribution in [0, 0.1) is 5.41 Å². The lowest BCUT2D eigenvalue weighted by Crippen LogP contribution is -2.43. The van der Waals surface area contributed by atoms with Gasteiger partial charge in [-0.1, -0.05) is 13.8 Å². The molecule has 0 aromatic rings. The molecule has 0 radical (unpaired) electrons. The molecule has 0 aliphatic rings. The summed E-state index contributed by atoms with van der Waals surface area (Å²) in [6, 6.07) is 0. The molecule has 0 heterocycles. The summed E-state index contributed by atoms with van der Waals surface area (Å²) in [6.45, 7) is 2.72. The topological polar surface area (TPSA) is 26.0 Å². The minimum Gasteiger partial charge on any atom is -0.330 e. The summed E-state index contributed by atoms with van der Waals surface area (Å²) in [4.78, 5) is 0. The van der Waals surface area contributed by atoms with E-state index in [-0.39, 0.29) is 19.4 Å². The van der Waals surface area contributed by atoms with Gasteiger partial charge in [-0.3, -0.25) is 0 Å². The van der Waals surface area contributed by atoms with Crippen molar-refractivity contribution in [1.82, 2.24) is 0 Å². The first-order valence-electron chi connectivity index (χ1n) is 3.70. The van der Waals surface area contributed by atoms with E-state index in [9.17, 15) is 13.2 Å². The van der Waals surface area contributed by atoms with Crippen LogP contribution in [0.5, 0.6) is 0 Å². The predicted molar refractivity (Wildman–Crippen MR) is 38.1 cm³/mol. The van der Waals surface area contributed by atoms with Gasteiger partial charge >= 0.3 is 6.18 Å². The highest BCUT2D eigenvalue weighted by atomic mass is 19.4. The number of hydrogen-bond donors (Lipinski definition) is 1. The Morgan fingerprint density at radius 3 is 1.45 bits per heavy atom. The van der Waals surface area contributed by atoms with Crippen LogP contribution < -0.4 is 5.73 Å². The molecule has 0 bridgehead atoms. The Morgan fingerprint density at radius 1 is 1.09 bits per heavy atom. The summed E-state index contributed by atoms with van der Waals surface area (Å²) in [7, 11) is 0. The maximum atomic E-state index is 12.3. The summed E-state index contributed by atoms with van der Waals surface area (Å²) in [5, 5.41) is 0. The number of alkyl halides is 3. The second-order valence-electron chi connectivity index (χ2n) is 2.69. The zero-order chi connectivity index (χ0) is 9.12. The van der Waals surface area contributed by atoms with Gasteiger partial charge < -0.3 is 5.73 Å². The van der Waals surface area contributed by atoms with Gasteiger partial charge in [0.15, 0.2) is 0 Å². The third-order valence-electron chi connectivity index (χ3n) is 2.35. The molecule has 0 aliphatic carbocycles. The maximum Gasteiger partial charge on any atom is 0.395 e. The first-order chi connectivity index (χ1) is 4.93. The molecule has 11 heavy (non-hydrogen) atoms. The van der Waals surface area contributed by atoms with Gasteiger partial charge in [-0.05, 0) is 12.8 Å². The molecule has 0 aromatic carbocycles. The number of nitrogens with two attached hydrogens (primary N) is 1. The van der Waals surface area contributed by atoms with Crippen molar-refractivity contribution in [3.63, 3.8) is 0 Å². The van der Waals surface area contributed by atoms with E-state index < -0.39 is 11.6 Å². The molecular formula is C7H14F3N. The standard InChI is InChI=1S/C7H14F3N/c1-3-6(4-2,5-11)7(8,9)10/h3-5,11H2,1-2H3. The van der Waals surface area contributed by atoms with Gasteiger partial charge in [0.05, 0.1) is 5.41 Å². The van der Waals surface area contributed by atoms with Crippen LogP contribution in [-0.4, -0.2) is 12.7 Å². The van der Waals surface area contributed by atoms with Crippen molar-refractivity contribution < 1.29 is 13.2 Å². The quantitative estimate of drug-likeness (QED) is 0.689. The first-order valence-corrected chi connectivity index (χ1v) is 3.70. The zero-order valence-electron chi connectivity index (χ0n) is 6.83. The van der Waals surface area contributed by atoms with E-state index in [2.05, 4.69) is 0 Å². The van der Waals surface area contributed by atoms with E-state index in [0.29, 0.717) is 0 Å². The van der Waals surface area contributed by atoms with Crippen molar-refractivity contribution in [1.29, 1.82) is 0 Å². The van der Waals surface area contributed by atoms with Gasteiger partial charge in [0.2, 0.25) is 0 Å². The summed E-state index contributed by atoms with van der Waals surface area (Å²) < 4.78 is 36.9. The van der Waals surface area contributed by atoms with Crippen molar-refractivity contribution >= 4 is 0 Å². The minimum atomic E-state index is -4.16. The minimum absolute atomic E-state index is 0.0590. The largest absolute Gasteiger partial charge is 0.395 e. The Balaban J connectivity index is 4.54. The second kappa shape index (κ2) is 3.43. The van der Waals surface area contributed by atoms with Crippen molar-refractivity contribution in [3.8, 4) is 0 Å². The lowest BCUT2D eigenvalue weighted by molar-refractivity contribution is -0.223. The van der Waals surface area contributed by atoms with Gasteiger partial charge in [0.1, 0.15) is 0 Å². The van der Waals surface area contributed by atoms with Gasteiger partial charge in [0.25, 0.3) is 0 Å². The molecule has 0 fully saturated rings. The predicted octanol–water partition coefficient (Wildman–Crippen LogP) is 2.31. The van der Waals surface area contributed by atoms with Crippen molar-refractivity contribution in [2.45, 2.75) is 32.9 Å². The zero-order valence-corrected chi connectivity index (χ0v) is 6.83. The van der Waals surface area contributed by atoms with Gasteiger partial charge in [-0.2, -0.15) is 13.2 Å². The van der Waals surface area contributed by atoms with Crippen LogP contribution in [0.2, 0.25) is 0 Å². The van der Waals surface area contributed by atoms with Crippen molar-refractivity contribution in [2.75, 3.05) is 6.54 Å². The average Bonchev–Trinajstić information content (AvgIpc) is 1.90. The SMILES string of the molecule is CCC(CC)(CN)C(F)(F)F. The molecule has 68 valence electrons. The lowest BCUT2D eigenvalue weighted by Gasteiger charge is -2.32. The van der Waals surface area contributed by atoms with Gasteiger partial charge in [0, 0.05) is 6.54 Å². The molecular weight excluding hydrogens is 155 g/mol. The van der Waals surface area contributed by atoms with E-state index in [0.717, 1.165) is 0 Å². The fourth-order valence-electron chi connectivity index (χ4n) is 1.06. The number of halogens is 3. The van der Waals surface area contributed by atoms with Gasteiger partial charge in [-0.25, -0.2) is 0 Å². The molecule has 1 nitrogen and oxygen atoms in total. The molecule has 0 amide bonds. The second-order valence-corrected chi connectivity index (χ2v) is 2.69. The molecule has 0 spiro atoms. The summed E-state index contributed by atoms with van der Waals surface area (Å²) >= 11 is 0. The van der Waals surface area contributed by atoms with E-state index in [1.807, 2.05) is 0 Å². The molecule has 4 heteroatoms. The van der Waals surface area contributed by atoms with E-state index in [1.165, 1.54) is 13.8 Å². The summed E-state index contributed by atoms with van der Waals surface area (Å²) in [6.07, 6.45) is -4.04. The van der Waals surface area contributed by atoms with Crippen LogP contribution >= 0.6 is 0 Å². The third kappa shape index (κ3) is 1.86. The van der Waals surface area contributed by atoms with Crippen LogP contribution in [-0.2, 0) is 0 Å². The Kier molecular flexibility index (Phi) is 3.35.